The van der Waals surface area contributed by atoms with Crippen molar-refractivity contribution >= 4 is 40.7 Å². The summed E-state index contributed by atoms with van der Waals surface area (Å²) in [6.07, 6.45) is 0.471. The van der Waals surface area contributed by atoms with Crippen molar-refractivity contribution in [2.75, 3.05) is 6.61 Å². The maximum atomic E-state index is 13.6. The molecule has 1 heterocycles. The molecule has 2 N–H and O–H groups in total. The Kier molecular flexibility index (Phi) is 8.61. The molecule has 0 aliphatic rings. The number of phenolic OH excluding ortho intramolecular Hbond substituents is 1. The van der Waals surface area contributed by atoms with Crippen LogP contribution in [0.5, 0.6) is 11.6 Å². The molecule has 4 aromatic rings. The molecule has 4 rings (SSSR count). The molecule has 0 fully saturated rings. The first-order chi connectivity index (χ1) is 18.1. The van der Waals surface area contributed by atoms with Crippen LogP contribution in [-0.4, -0.2) is 27.8 Å². The van der Waals surface area contributed by atoms with Gasteiger partial charge >= 0.3 is 0 Å². The summed E-state index contributed by atoms with van der Waals surface area (Å²) >= 11 is 17.9. The van der Waals surface area contributed by atoms with Crippen molar-refractivity contribution in [3.05, 3.63) is 104 Å². The Balaban J connectivity index is 1.60. The van der Waals surface area contributed by atoms with E-state index < -0.39 is 23.4 Å². The van der Waals surface area contributed by atoms with Gasteiger partial charge in [0.05, 0.1) is 22.3 Å². The van der Waals surface area contributed by atoms with Crippen molar-refractivity contribution in [2.45, 2.75) is 13.0 Å². The zero-order valence-electron chi connectivity index (χ0n) is 19.2. The van der Waals surface area contributed by atoms with E-state index in [1.807, 2.05) is 12.1 Å². The van der Waals surface area contributed by atoms with Gasteiger partial charge in [-0.05, 0) is 53.6 Å². The monoisotopic (exact) mass is 581 g/mol. The first-order valence-electron chi connectivity index (χ1n) is 11.0. The number of aromatic hydroxyl groups is 1. The number of nitrogens with one attached hydrogen (secondary N) is 1. The van der Waals surface area contributed by atoms with Crippen molar-refractivity contribution in [3.8, 4) is 22.9 Å². The van der Waals surface area contributed by atoms with Gasteiger partial charge in [-0.1, -0.05) is 46.9 Å². The smallest absolute Gasteiger partial charge is 0.257 e. The molecule has 12 heteroatoms. The van der Waals surface area contributed by atoms with E-state index in [9.17, 15) is 23.1 Å². The van der Waals surface area contributed by atoms with Crippen LogP contribution in [0, 0.1) is 17.5 Å². The number of benzene rings is 3. The van der Waals surface area contributed by atoms with Crippen LogP contribution in [0.2, 0.25) is 15.1 Å². The number of carbonyl (C=O) groups is 1. The molecule has 0 bridgehead atoms. The van der Waals surface area contributed by atoms with Crippen LogP contribution in [0.25, 0.3) is 11.3 Å². The van der Waals surface area contributed by atoms with E-state index in [1.165, 1.54) is 18.2 Å². The van der Waals surface area contributed by atoms with Crippen molar-refractivity contribution in [1.82, 2.24) is 15.5 Å². The SMILES string of the molecule is O=C(NCc1cc(F)c(F)c(F)c1)c1cc(-c2cc(Cl)c(O)c(Cl)c2)nnc1OCCc1ccc(Cl)cc1. The Morgan fingerprint density at radius 1 is 0.895 bits per heavy atom. The van der Waals surface area contributed by atoms with Gasteiger partial charge in [0.2, 0.25) is 5.88 Å². The van der Waals surface area contributed by atoms with Gasteiger partial charge in [-0.15, -0.1) is 10.2 Å². The molecule has 0 spiro atoms. The number of ether oxygens (including phenoxy) is 1. The minimum atomic E-state index is -1.61. The molecule has 38 heavy (non-hydrogen) atoms. The molecule has 3 aromatic carbocycles. The maximum absolute atomic E-state index is 13.6. The summed E-state index contributed by atoms with van der Waals surface area (Å²) in [6.45, 7) is -0.174. The molecule has 0 saturated heterocycles. The molecule has 1 amide bonds. The fraction of sp³-hybridized carbons (Fsp3) is 0.115. The summed E-state index contributed by atoms with van der Waals surface area (Å²) < 4.78 is 46.1. The number of aromatic nitrogens is 2. The summed E-state index contributed by atoms with van der Waals surface area (Å²) in [5.74, 6) is -5.49. The highest BCUT2D eigenvalue weighted by Crippen LogP contribution is 2.36. The number of rotatable bonds is 8. The van der Waals surface area contributed by atoms with Crippen molar-refractivity contribution in [1.29, 1.82) is 0 Å². The fourth-order valence-corrected chi connectivity index (χ4v) is 4.02. The number of amides is 1. The number of carbonyl (C=O) groups excluding carboxylic acids is 1. The number of hydrogen-bond acceptors (Lipinski definition) is 5. The van der Waals surface area contributed by atoms with E-state index in [0.717, 1.165) is 17.7 Å². The van der Waals surface area contributed by atoms with Gasteiger partial charge < -0.3 is 15.2 Å². The molecule has 0 saturated carbocycles. The highest BCUT2D eigenvalue weighted by Gasteiger charge is 2.19. The van der Waals surface area contributed by atoms with Crippen molar-refractivity contribution < 1.29 is 27.8 Å². The molecule has 196 valence electrons. The number of nitrogens with zero attached hydrogens (tertiary/aromatic N) is 2. The van der Waals surface area contributed by atoms with Crippen LogP contribution in [-0.2, 0) is 13.0 Å². The molecule has 0 radical (unpaired) electrons. The predicted molar refractivity (Wildman–Crippen MR) is 137 cm³/mol. The van der Waals surface area contributed by atoms with Crippen LogP contribution in [0.4, 0.5) is 13.2 Å². The molecule has 0 atom stereocenters. The summed E-state index contributed by atoms with van der Waals surface area (Å²) in [4.78, 5) is 13.1. The van der Waals surface area contributed by atoms with E-state index in [1.54, 1.807) is 12.1 Å². The van der Waals surface area contributed by atoms with Gasteiger partial charge in [0.15, 0.2) is 23.2 Å². The zero-order valence-corrected chi connectivity index (χ0v) is 21.5. The lowest BCUT2D eigenvalue weighted by atomic mass is 10.1. The lowest BCUT2D eigenvalue weighted by Gasteiger charge is -2.13. The Morgan fingerprint density at radius 2 is 1.53 bits per heavy atom. The van der Waals surface area contributed by atoms with Gasteiger partial charge in [0, 0.05) is 23.6 Å². The first kappa shape index (κ1) is 27.5. The van der Waals surface area contributed by atoms with Crippen molar-refractivity contribution in [3.63, 3.8) is 0 Å². The highest BCUT2D eigenvalue weighted by atomic mass is 35.5. The van der Waals surface area contributed by atoms with E-state index in [4.69, 9.17) is 39.5 Å². The minimum Gasteiger partial charge on any atom is -0.505 e. The zero-order chi connectivity index (χ0) is 27.4. The van der Waals surface area contributed by atoms with Gasteiger partial charge in [-0.25, -0.2) is 13.2 Å². The van der Waals surface area contributed by atoms with Gasteiger partial charge in [0.25, 0.3) is 5.91 Å². The summed E-state index contributed by atoms with van der Waals surface area (Å²) in [5.41, 5.74) is 1.42. The Morgan fingerprint density at radius 3 is 2.16 bits per heavy atom. The Labute approximate surface area is 229 Å². The third-order valence-corrected chi connectivity index (χ3v) is 6.18. The molecular weight excluding hydrogens is 566 g/mol. The highest BCUT2D eigenvalue weighted by molar-refractivity contribution is 6.37. The van der Waals surface area contributed by atoms with Crippen LogP contribution >= 0.6 is 34.8 Å². The second kappa shape index (κ2) is 11.9. The average molecular weight is 583 g/mol. The summed E-state index contributed by atoms with van der Waals surface area (Å²) in [6, 6.07) is 12.8. The van der Waals surface area contributed by atoms with Gasteiger partial charge in [-0.2, -0.15) is 0 Å². The lowest BCUT2D eigenvalue weighted by Crippen LogP contribution is -2.24. The number of phenols is 1. The second-order valence-corrected chi connectivity index (χ2v) is 9.27. The normalized spacial score (nSPS) is 10.9. The Bertz CT molecular complexity index is 1460. The standard InChI is InChI=1S/C26H17Cl3F3N3O3/c27-16-3-1-13(2-4-16)5-6-38-26-17(25(37)33-12-14-7-20(30)23(32)21(31)8-14)11-22(34-35-26)15-9-18(28)24(36)19(29)10-15/h1-4,7-11,36H,5-6,12H2,(H,33,37). The summed E-state index contributed by atoms with van der Waals surface area (Å²) in [5, 5.41) is 21.0. The maximum Gasteiger partial charge on any atom is 0.257 e. The Hall–Kier alpha value is -3.53. The van der Waals surface area contributed by atoms with E-state index in [2.05, 4.69) is 15.5 Å². The fourth-order valence-electron chi connectivity index (χ4n) is 3.41. The quantitative estimate of drug-likeness (QED) is 0.224. The van der Waals surface area contributed by atoms with E-state index in [-0.39, 0.29) is 51.6 Å². The minimum absolute atomic E-state index is 0.000654. The van der Waals surface area contributed by atoms with Crippen LogP contribution in [0.15, 0.2) is 54.6 Å². The van der Waals surface area contributed by atoms with Crippen LogP contribution in [0.3, 0.4) is 0 Å². The van der Waals surface area contributed by atoms with Crippen LogP contribution < -0.4 is 10.1 Å². The van der Waals surface area contributed by atoms with E-state index in [0.29, 0.717) is 17.0 Å². The van der Waals surface area contributed by atoms with Gasteiger partial charge in [0.1, 0.15) is 5.56 Å². The molecule has 0 aliphatic heterocycles. The number of halogens is 6. The first-order valence-corrected chi connectivity index (χ1v) is 12.1. The van der Waals surface area contributed by atoms with Gasteiger partial charge in [-0.3, -0.25) is 4.79 Å². The molecule has 6 nitrogen and oxygen atoms in total. The predicted octanol–water partition coefficient (Wildman–Crippen LogP) is 6.78. The molecule has 1 aromatic heterocycles. The number of hydrogen-bond donors (Lipinski definition) is 2. The second-order valence-electron chi connectivity index (χ2n) is 8.02. The molecule has 0 unspecified atom stereocenters. The summed E-state index contributed by atoms with van der Waals surface area (Å²) in [7, 11) is 0. The topological polar surface area (TPSA) is 84.3 Å². The lowest BCUT2D eigenvalue weighted by molar-refractivity contribution is 0.0945. The van der Waals surface area contributed by atoms with Crippen LogP contribution in [0.1, 0.15) is 21.5 Å². The van der Waals surface area contributed by atoms with E-state index >= 15 is 0 Å². The third kappa shape index (κ3) is 6.48. The molecule has 0 aliphatic carbocycles. The van der Waals surface area contributed by atoms with Crippen molar-refractivity contribution in [2.24, 2.45) is 0 Å². The average Bonchev–Trinajstić information content (AvgIpc) is 2.89. The molecular formula is C26H17Cl3F3N3O3. The largest absolute Gasteiger partial charge is 0.505 e. The third-order valence-electron chi connectivity index (χ3n) is 5.36.